The van der Waals surface area contributed by atoms with E-state index in [0.717, 1.165) is 12.2 Å². The number of anilines is 1. The van der Waals surface area contributed by atoms with Gasteiger partial charge in [0.25, 0.3) is 10.0 Å². The summed E-state index contributed by atoms with van der Waals surface area (Å²) >= 11 is 0. The van der Waals surface area contributed by atoms with Crippen molar-refractivity contribution in [3.63, 3.8) is 0 Å². The van der Waals surface area contributed by atoms with E-state index >= 15 is 0 Å². The minimum Gasteiger partial charge on any atom is -0.491 e. The van der Waals surface area contributed by atoms with Crippen LogP contribution in [0.15, 0.2) is 35.5 Å². The maximum absolute atomic E-state index is 13.3. The lowest BCUT2D eigenvalue weighted by atomic mass is 9.73. The zero-order chi connectivity index (χ0) is 22.3. The molecule has 1 saturated carbocycles. The lowest BCUT2D eigenvalue weighted by Crippen LogP contribution is -2.57. The number of piperidine rings is 2. The van der Waals surface area contributed by atoms with Crippen LogP contribution in [-0.2, 0) is 21.9 Å². The third-order valence-electron chi connectivity index (χ3n) is 6.22. The van der Waals surface area contributed by atoms with Crippen LogP contribution in [-0.4, -0.2) is 46.9 Å². The Kier molecular flexibility index (Phi) is 5.83. The van der Waals surface area contributed by atoms with Crippen LogP contribution in [0, 0.1) is 18.8 Å². The monoisotopic (exact) mass is 446 g/mol. The van der Waals surface area contributed by atoms with Crippen LogP contribution < -0.4 is 10.1 Å². The fourth-order valence-corrected chi connectivity index (χ4v) is 6.39. The van der Waals surface area contributed by atoms with E-state index in [1.165, 1.54) is 4.31 Å². The first-order valence-electron chi connectivity index (χ1n) is 10.7. The smallest absolute Gasteiger partial charge is 0.262 e. The van der Waals surface area contributed by atoms with Gasteiger partial charge in [-0.15, -0.1) is 0 Å². The number of nitrogens with one attached hydrogen (secondary N) is 1. The summed E-state index contributed by atoms with van der Waals surface area (Å²) < 4.78 is 35.4. The second-order valence-electron chi connectivity index (χ2n) is 8.85. The number of carbonyl (C=O) groups excluding carboxylic acids is 1. The third kappa shape index (κ3) is 4.34. The largest absolute Gasteiger partial charge is 0.491 e. The number of hydrogen-bond donors (Lipinski definition) is 1. The molecule has 1 N–H and O–H groups in total. The van der Waals surface area contributed by atoms with Crippen LogP contribution in [0.25, 0.3) is 0 Å². The molecule has 0 radical (unpaired) electrons. The zero-order valence-corrected chi connectivity index (χ0v) is 19.2. The summed E-state index contributed by atoms with van der Waals surface area (Å²) in [6.07, 6.45) is 3.97. The number of imidazole rings is 1. The lowest BCUT2D eigenvalue weighted by molar-refractivity contribution is -0.125. The van der Waals surface area contributed by atoms with E-state index in [2.05, 4.69) is 10.3 Å². The van der Waals surface area contributed by atoms with E-state index in [1.54, 1.807) is 24.7 Å². The van der Waals surface area contributed by atoms with Gasteiger partial charge in [-0.25, -0.2) is 13.4 Å². The maximum Gasteiger partial charge on any atom is 0.262 e. The molecule has 3 atom stereocenters. The number of fused-ring (bicyclic) bond motifs is 3. The lowest BCUT2D eigenvalue weighted by Gasteiger charge is -2.47. The van der Waals surface area contributed by atoms with Crippen molar-refractivity contribution in [2.24, 2.45) is 18.9 Å². The van der Waals surface area contributed by atoms with E-state index in [0.29, 0.717) is 30.9 Å². The number of benzene rings is 1. The molecule has 1 amide bonds. The summed E-state index contributed by atoms with van der Waals surface area (Å²) in [6.45, 7) is 6.14. The summed E-state index contributed by atoms with van der Waals surface area (Å²) in [5.74, 6) is 1.05. The summed E-state index contributed by atoms with van der Waals surface area (Å²) in [5, 5.41) is 3.02. The zero-order valence-electron chi connectivity index (χ0n) is 18.4. The van der Waals surface area contributed by atoms with Gasteiger partial charge in [0.05, 0.1) is 12.0 Å². The number of aryl methyl sites for hydroxylation is 2. The molecule has 5 rings (SSSR count). The molecule has 2 aromatic rings. The van der Waals surface area contributed by atoms with Gasteiger partial charge in [0.1, 0.15) is 11.6 Å². The fraction of sp³-hybridized carbons (Fsp3) is 0.545. The standard InChI is InChI=1S/C22H30N4O4S/c1-14(2)30-18-8-6-17(7-9-18)24-22(27)19-11-16-5-10-20(19)26(12-16)31(28,29)21-13-25(4)15(3)23-21/h6-9,13-14,16,19-20H,5,10-12H2,1-4H3,(H,24,27)/t16-,19-,20-/m1/s1. The number of carbonyl (C=O) groups is 1. The molecule has 2 aliphatic heterocycles. The molecule has 2 saturated heterocycles. The predicted molar refractivity (Wildman–Crippen MR) is 117 cm³/mol. The van der Waals surface area contributed by atoms with Gasteiger partial charge in [0, 0.05) is 31.5 Å². The van der Waals surface area contributed by atoms with Crippen molar-refractivity contribution >= 4 is 21.6 Å². The topological polar surface area (TPSA) is 93.5 Å². The average Bonchev–Trinajstić information content (AvgIpc) is 3.08. The normalized spacial score (nSPS) is 23.8. The van der Waals surface area contributed by atoms with Crippen LogP contribution in [0.4, 0.5) is 5.69 Å². The van der Waals surface area contributed by atoms with Crippen LogP contribution >= 0.6 is 0 Å². The van der Waals surface area contributed by atoms with Gasteiger partial charge in [0.2, 0.25) is 5.91 Å². The molecule has 8 nitrogen and oxygen atoms in total. The highest BCUT2D eigenvalue weighted by molar-refractivity contribution is 7.89. The van der Waals surface area contributed by atoms with Gasteiger partial charge in [0.15, 0.2) is 5.03 Å². The van der Waals surface area contributed by atoms with E-state index in [1.807, 2.05) is 38.1 Å². The second-order valence-corrected chi connectivity index (χ2v) is 10.7. The van der Waals surface area contributed by atoms with Gasteiger partial charge < -0.3 is 14.6 Å². The maximum atomic E-state index is 13.3. The van der Waals surface area contributed by atoms with Crippen LogP contribution in [0.2, 0.25) is 0 Å². The molecular weight excluding hydrogens is 416 g/mol. The van der Waals surface area contributed by atoms with Crippen LogP contribution in [0.5, 0.6) is 5.75 Å². The summed E-state index contributed by atoms with van der Waals surface area (Å²) in [6, 6.07) is 6.91. The van der Waals surface area contributed by atoms with Crippen molar-refractivity contribution in [1.29, 1.82) is 0 Å². The highest BCUT2D eigenvalue weighted by atomic mass is 32.2. The number of nitrogens with zero attached hydrogens (tertiary/aromatic N) is 3. The molecule has 1 aromatic carbocycles. The molecule has 1 aliphatic carbocycles. The molecule has 0 unspecified atom stereocenters. The van der Waals surface area contributed by atoms with Gasteiger partial charge in [-0.1, -0.05) is 0 Å². The first-order valence-corrected chi connectivity index (χ1v) is 12.2. The van der Waals surface area contributed by atoms with Crippen molar-refractivity contribution in [2.45, 2.75) is 57.2 Å². The molecule has 3 heterocycles. The molecule has 9 heteroatoms. The molecular formula is C22H30N4O4S. The van der Waals surface area contributed by atoms with Gasteiger partial charge in [-0.05, 0) is 70.2 Å². The highest BCUT2D eigenvalue weighted by Gasteiger charge is 2.49. The molecule has 31 heavy (non-hydrogen) atoms. The van der Waals surface area contributed by atoms with Crippen molar-refractivity contribution in [3.8, 4) is 5.75 Å². The Bertz CT molecular complexity index is 1040. The Morgan fingerprint density at radius 2 is 1.94 bits per heavy atom. The minimum atomic E-state index is -3.75. The van der Waals surface area contributed by atoms with Crippen LogP contribution in [0.3, 0.4) is 0 Å². The fourth-order valence-electron chi connectivity index (χ4n) is 4.59. The molecule has 168 valence electrons. The van der Waals surface area contributed by atoms with Crippen molar-refractivity contribution in [3.05, 3.63) is 36.3 Å². The molecule has 3 aliphatic rings. The third-order valence-corrected chi connectivity index (χ3v) is 7.98. The molecule has 1 aromatic heterocycles. The average molecular weight is 447 g/mol. The summed E-state index contributed by atoms with van der Waals surface area (Å²) in [7, 11) is -1.97. The van der Waals surface area contributed by atoms with Crippen molar-refractivity contribution < 1.29 is 17.9 Å². The molecule has 3 fully saturated rings. The number of rotatable bonds is 6. The van der Waals surface area contributed by atoms with Gasteiger partial charge in [-0.3, -0.25) is 4.79 Å². The Morgan fingerprint density at radius 3 is 2.52 bits per heavy atom. The first kappa shape index (κ1) is 21.8. The van der Waals surface area contributed by atoms with E-state index in [4.69, 9.17) is 4.74 Å². The second kappa shape index (κ2) is 8.27. The van der Waals surface area contributed by atoms with Gasteiger partial charge in [-0.2, -0.15) is 4.31 Å². The quantitative estimate of drug-likeness (QED) is 0.736. The number of hydrogen-bond acceptors (Lipinski definition) is 5. The Labute approximate surface area is 183 Å². The number of amides is 1. The Hall–Kier alpha value is -2.39. The van der Waals surface area contributed by atoms with Crippen molar-refractivity contribution in [1.82, 2.24) is 13.9 Å². The molecule has 0 spiro atoms. The first-order chi connectivity index (χ1) is 14.6. The Balaban J connectivity index is 1.51. The number of sulfonamides is 1. The summed E-state index contributed by atoms with van der Waals surface area (Å²) in [5.41, 5.74) is 0.678. The van der Waals surface area contributed by atoms with E-state index in [-0.39, 0.29) is 34.9 Å². The van der Waals surface area contributed by atoms with Gasteiger partial charge >= 0.3 is 0 Å². The van der Waals surface area contributed by atoms with Crippen molar-refractivity contribution in [2.75, 3.05) is 11.9 Å². The SMILES string of the molecule is Cc1nc(S(=O)(=O)N2C[C@@H]3CC[C@@H]2[C@H](C(=O)Nc2ccc(OC(C)C)cc2)C3)cn1C. The van der Waals surface area contributed by atoms with E-state index in [9.17, 15) is 13.2 Å². The Morgan fingerprint density at radius 1 is 1.23 bits per heavy atom. The molecule has 2 bridgehead atoms. The summed E-state index contributed by atoms with van der Waals surface area (Å²) in [4.78, 5) is 17.3. The predicted octanol–water partition coefficient (Wildman–Crippen LogP) is 2.94. The van der Waals surface area contributed by atoms with Crippen LogP contribution in [0.1, 0.15) is 38.9 Å². The van der Waals surface area contributed by atoms with E-state index < -0.39 is 10.0 Å². The number of aromatic nitrogens is 2. The highest BCUT2D eigenvalue weighted by Crippen LogP contribution is 2.42. The minimum absolute atomic E-state index is 0.0555. The number of ether oxygens (including phenoxy) is 1.